The summed E-state index contributed by atoms with van der Waals surface area (Å²) in [5.74, 6) is 1.23. The SMILES string of the molecule is CCn1c(N2CCCCC2)c(C=C2SC(=S)N(Cc3ccco3)C2=O)c(C)c(C#N)c1=O. The minimum Gasteiger partial charge on any atom is -0.467 e. The molecule has 2 fully saturated rings. The van der Waals surface area contributed by atoms with Gasteiger partial charge in [-0.25, -0.2) is 0 Å². The molecule has 2 aromatic rings. The number of pyridine rings is 1. The molecule has 166 valence electrons. The molecular formula is C23H24N4O3S2. The Morgan fingerprint density at radius 3 is 2.66 bits per heavy atom. The van der Waals surface area contributed by atoms with Gasteiger partial charge in [0.15, 0.2) is 0 Å². The van der Waals surface area contributed by atoms with E-state index in [1.54, 1.807) is 36.0 Å². The highest BCUT2D eigenvalue weighted by Crippen LogP contribution is 2.37. The lowest BCUT2D eigenvalue weighted by Crippen LogP contribution is -2.37. The van der Waals surface area contributed by atoms with Crippen molar-refractivity contribution in [1.29, 1.82) is 5.26 Å². The molecule has 0 spiro atoms. The van der Waals surface area contributed by atoms with Crippen molar-refractivity contribution in [2.75, 3.05) is 18.0 Å². The normalized spacial score (nSPS) is 18.0. The minimum absolute atomic E-state index is 0.116. The predicted molar refractivity (Wildman–Crippen MR) is 129 cm³/mol. The number of carbonyl (C=O) groups excluding carboxylic acids is 1. The number of thioether (sulfide) groups is 1. The molecule has 4 rings (SSSR count). The van der Waals surface area contributed by atoms with Crippen LogP contribution < -0.4 is 10.5 Å². The van der Waals surface area contributed by atoms with Crippen LogP contribution in [0.25, 0.3) is 6.08 Å². The molecule has 1 amide bonds. The fraction of sp³-hybridized carbons (Fsp3) is 0.391. The number of hydrogen-bond donors (Lipinski definition) is 0. The van der Waals surface area contributed by atoms with Crippen molar-refractivity contribution in [1.82, 2.24) is 9.47 Å². The van der Waals surface area contributed by atoms with Crippen LogP contribution in [0.4, 0.5) is 5.82 Å². The molecule has 2 aromatic heterocycles. The molecule has 2 saturated heterocycles. The van der Waals surface area contributed by atoms with Gasteiger partial charge in [0.2, 0.25) is 0 Å². The van der Waals surface area contributed by atoms with Crippen molar-refractivity contribution in [2.45, 2.75) is 46.2 Å². The van der Waals surface area contributed by atoms with E-state index >= 15 is 0 Å². The van der Waals surface area contributed by atoms with Crippen LogP contribution in [0, 0.1) is 18.3 Å². The summed E-state index contributed by atoms with van der Waals surface area (Å²) in [4.78, 5) is 30.4. The van der Waals surface area contributed by atoms with Crippen molar-refractivity contribution in [2.24, 2.45) is 0 Å². The quantitative estimate of drug-likeness (QED) is 0.484. The maximum absolute atomic E-state index is 13.2. The lowest BCUT2D eigenvalue weighted by molar-refractivity contribution is -0.122. The van der Waals surface area contributed by atoms with Crippen LogP contribution in [0.5, 0.6) is 0 Å². The van der Waals surface area contributed by atoms with Gasteiger partial charge in [0, 0.05) is 25.2 Å². The number of rotatable bonds is 5. The number of nitriles is 1. The summed E-state index contributed by atoms with van der Waals surface area (Å²) in [5.41, 5.74) is 1.17. The molecule has 0 unspecified atom stereocenters. The predicted octanol–water partition coefficient (Wildman–Crippen LogP) is 4.03. The third kappa shape index (κ3) is 4.00. The van der Waals surface area contributed by atoms with Gasteiger partial charge >= 0.3 is 0 Å². The van der Waals surface area contributed by atoms with Gasteiger partial charge in [-0.05, 0) is 56.9 Å². The molecule has 7 nitrogen and oxygen atoms in total. The smallest absolute Gasteiger partial charge is 0.270 e. The zero-order valence-electron chi connectivity index (χ0n) is 18.1. The van der Waals surface area contributed by atoms with E-state index in [1.807, 2.05) is 6.92 Å². The summed E-state index contributed by atoms with van der Waals surface area (Å²) in [6, 6.07) is 5.65. The molecule has 0 radical (unpaired) electrons. The van der Waals surface area contributed by atoms with Crippen molar-refractivity contribution >= 4 is 46.1 Å². The van der Waals surface area contributed by atoms with Crippen LogP contribution in [0.3, 0.4) is 0 Å². The standard InChI is InChI=1S/C23H24N4O3S2/c1-3-26-20(25-9-5-4-6-10-25)17(15(2)18(13-24)21(26)28)12-19-22(29)27(23(31)32-19)14-16-8-7-11-30-16/h7-8,11-12H,3-6,9-10,14H2,1-2H3. The van der Waals surface area contributed by atoms with Crippen molar-refractivity contribution in [3.8, 4) is 6.07 Å². The van der Waals surface area contributed by atoms with Crippen LogP contribution in [0.15, 0.2) is 32.5 Å². The Hall–Kier alpha value is -2.83. The summed E-state index contributed by atoms with van der Waals surface area (Å²) >= 11 is 6.69. The first kappa shape index (κ1) is 22.4. The summed E-state index contributed by atoms with van der Waals surface area (Å²) in [6.07, 6.45) is 6.60. The highest BCUT2D eigenvalue weighted by Gasteiger charge is 2.34. The average Bonchev–Trinajstić information content (AvgIpc) is 3.40. The van der Waals surface area contributed by atoms with E-state index in [0.717, 1.165) is 43.7 Å². The second-order valence-electron chi connectivity index (χ2n) is 7.79. The van der Waals surface area contributed by atoms with Crippen LogP contribution in [0.1, 0.15) is 48.6 Å². The molecule has 2 aliphatic rings. The Labute approximate surface area is 196 Å². The lowest BCUT2D eigenvalue weighted by atomic mass is 10.0. The number of hydrogen-bond acceptors (Lipinski definition) is 7. The summed E-state index contributed by atoms with van der Waals surface area (Å²) in [7, 11) is 0. The second kappa shape index (κ2) is 9.35. The maximum atomic E-state index is 13.2. The Bertz CT molecular complexity index is 1190. The highest BCUT2D eigenvalue weighted by molar-refractivity contribution is 8.26. The molecule has 0 N–H and O–H groups in total. The van der Waals surface area contributed by atoms with Gasteiger partial charge in [-0.1, -0.05) is 24.0 Å². The summed E-state index contributed by atoms with van der Waals surface area (Å²) in [5, 5.41) is 9.68. The molecular weight excluding hydrogens is 444 g/mol. The third-order valence-corrected chi connectivity index (χ3v) is 7.24. The number of thiocarbonyl (C=S) groups is 1. The fourth-order valence-corrected chi connectivity index (χ4v) is 5.45. The zero-order chi connectivity index (χ0) is 22.8. The summed E-state index contributed by atoms with van der Waals surface area (Å²) in [6.45, 7) is 6.07. The minimum atomic E-state index is -0.282. The van der Waals surface area contributed by atoms with Crippen LogP contribution in [-0.4, -0.2) is 32.8 Å². The van der Waals surface area contributed by atoms with E-state index in [2.05, 4.69) is 11.0 Å². The van der Waals surface area contributed by atoms with Gasteiger partial charge in [-0.15, -0.1) is 0 Å². The van der Waals surface area contributed by atoms with E-state index in [-0.39, 0.29) is 23.6 Å². The van der Waals surface area contributed by atoms with Gasteiger partial charge in [0.05, 0.1) is 17.7 Å². The van der Waals surface area contributed by atoms with Gasteiger partial charge in [-0.2, -0.15) is 5.26 Å². The fourth-order valence-electron chi connectivity index (χ4n) is 4.21. The molecule has 9 heteroatoms. The zero-order valence-corrected chi connectivity index (χ0v) is 19.7. The van der Waals surface area contributed by atoms with Crippen molar-refractivity contribution in [3.05, 3.63) is 56.1 Å². The number of nitrogens with zero attached hydrogens (tertiary/aromatic N) is 4. The Morgan fingerprint density at radius 2 is 2.03 bits per heavy atom. The number of amides is 1. The Morgan fingerprint density at radius 1 is 1.28 bits per heavy atom. The van der Waals surface area contributed by atoms with Crippen LogP contribution in [0.2, 0.25) is 0 Å². The number of anilines is 1. The molecule has 0 saturated carbocycles. The molecule has 0 atom stereocenters. The van der Waals surface area contributed by atoms with E-state index in [0.29, 0.717) is 27.1 Å². The molecule has 2 aliphatic heterocycles. The van der Waals surface area contributed by atoms with Gasteiger partial charge in [0.25, 0.3) is 11.5 Å². The first-order valence-electron chi connectivity index (χ1n) is 10.7. The molecule has 0 aromatic carbocycles. The van der Waals surface area contributed by atoms with E-state index < -0.39 is 0 Å². The first-order valence-corrected chi connectivity index (χ1v) is 11.9. The molecule has 0 bridgehead atoms. The maximum Gasteiger partial charge on any atom is 0.270 e. The van der Waals surface area contributed by atoms with Crippen LogP contribution in [-0.2, 0) is 17.9 Å². The number of carbonyl (C=O) groups is 1. The Kier molecular flexibility index (Phi) is 6.53. The highest BCUT2D eigenvalue weighted by atomic mass is 32.2. The largest absolute Gasteiger partial charge is 0.467 e. The van der Waals surface area contributed by atoms with Gasteiger partial charge in [-0.3, -0.25) is 19.1 Å². The number of aromatic nitrogens is 1. The van der Waals surface area contributed by atoms with E-state index in [4.69, 9.17) is 16.6 Å². The average molecular weight is 469 g/mol. The molecule has 4 heterocycles. The monoisotopic (exact) mass is 468 g/mol. The number of furan rings is 1. The van der Waals surface area contributed by atoms with E-state index in [1.165, 1.54) is 16.7 Å². The topological polar surface area (TPSA) is 82.5 Å². The van der Waals surface area contributed by atoms with Crippen molar-refractivity contribution < 1.29 is 9.21 Å². The van der Waals surface area contributed by atoms with E-state index in [9.17, 15) is 14.9 Å². The molecule has 32 heavy (non-hydrogen) atoms. The van der Waals surface area contributed by atoms with Gasteiger partial charge < -0.3 is 9.32 Å². The number of piperidine rings is 1. The molecule has 0 aliphatic carbocycles. The van der Waals surface area contributed by atoms with Gasteiger partial charge in [0.1, 0.15) is 27.5 Å². The van der Waals surface area contributed by atoms with Crippen LogP contribution >= 0.6 is 24.0 Å². The third-order valence-electron chi connectivity index (χ3n) is 5.86. The lowest BCUT2D eigenvalue weighted by Gasteiger charge is -2.33. The second-order valence-corrected chi connectivity index (χ2v) is 9.47. The summed E-state index contributed by atoms with van der Waals surface area (Å²) < 4.78 is 7.49. The Balaban J connectivity index is 1.83. The first-order chi connectivity index (χ1) is 15.5. The van der Waals surface area contributed by atoms with Crippen molar-refractivity contribution in [3.63, 3.8) is 0 Å².